The summed E-state index contributed by atoms with van der Waals surface area (Å²) in [4.78, 5) is 11.9. The van der Waals surface area contributed by atoms with Gasteiger partial charge in [0.2, 0.25) is 0 Å². The normalized spacial score (nSPS) is 11.3. The summed E-state index contributed by atoms with van der Waals surface area (Å²) in [5.74, 6) is 0.979. The molecule has 0 spiro atoms. The second-order valence-electron chi connectivity index (χ2n) is 5.81. The van der Waals surface area contributed by atoms with Crippen molar-refractivity contribution < 1.29 is 24.2 Å². The minimum absolute atomic E-state index is 0.200. The first kappa shape index (κ1) is 18.1. The van der Waals surface area contributed by atoms with E-state index in [0.717, 1.165) is 5.06 Å². The van der Waals surface area contributed by atoms with Gasteiger partial charge in [0, 0.05) is 13.1 Å². The molecule has 22 heavy (non-hydrogen) atoms. The molecule has 7 heteroatoms. The van der Waals surface area contributed by atoms with Gasteiger partial charge in [-0.05, 0) is 32.4 Å². The maximum atomic E-state index is 11.9. The number of carbonyl (C=O) groups excluding carboxylic acids is 1. The van der Waals surface area contributed by atoms with Crippen LogP contribution in [0.2, 0.25) is 0 Å². The zero-order valence-electron chi connectivity index (χ0n) is 13.9. The molecule has 1 aromatic carbocycles. The molecular formula is C15H24N2O5. The largest absolute Gasteiger partial charge is 0.493 e. The lowest BCUT2D eigenvalue weighted by Gasteiger charge is -2.21. The van der Waals surface area contributed by atoms with Crippen LogP contribution in [0.3, 0.4) is 0 Å². The summed E-state index contributed by atoms with van der Waals surface area (Å²) in [6.45, 7) is 5.54. The SMILES string of the molecule is COc1cc(CN(C)O)c(NC(=O)OC(C)(C)C)cc1OC. The van der Waals surface area contributed by atoms with Crippen molar-refractivity contribution in [2.45, 2.75) is 32.9 Å². The lowest BCUT2D eigenvalue weighted by molar-refractivity contribution is -0.0730. The zero-order chi connectivity index (χ0) is 16.9. The number of benzene rings is 1. The molecule has 0 aliphatic heterocycles. The number of hydroxylamine groups is 2. The van der Waals surface area contributed by atoms with Crippen molar-refractivity contribution >= 4 is 11.8 Å². The fourth-order valence-corrected chi connectivity index (χ4v) is 1.83. The average Bonchev–Trinajstić information content (AvgIpc) is 2.37. The van der Waals surface area contributed by atoms with E-state index in [4.69, 9.17) is 14.2 Å². The lowest BCUT2D eigenvalue weighted by atomic mass is 10.1. The van der Waals surface area contributed by atoms with Crippen LogP contribution in [0, 0.1) is 0 Å². The van der Waals surface area contributed by atoms with Crippen molar-refractivity contribution in [3.05, 3.63) is 17.7 Å². The smallest absolute Gasteiger partial charge is 0.412 e. The van der Waals surface area contributed by atoms with E-state index >= 15 is 0 Å². The van der Waals surface area contributed by atoms with Crippen molar-refractivity contribution in [2.75, 3.05) is 26.6 Å². The number of nitrogens with one attached hydrogen (secondary N) is 1. The third-order valence-corrected chi connectivity index (χ3v) is 2.64. The fraction of sp³-hybridized carbons (Fsp3) is 0.533. The summed E-state index contributed by atoms with van der Waals surface area (Å²) in [7, 11) is 4.53. The first-order valence-corrected chi connectivity index (χ1v) is 6.81. The van der Waals surface area contributed by atoms with Gasteiger partial charge in [0.05, 0.1) is 26.5 Å². The van der Waals surface area contributed by atoms with E-state index in [9.17, 15) is 10.0 Å². The van der Waals surface area contributed by atoms with Crippen molar-refractivity contribution in [2.24, 2.45) is 0 Å². The maximum Gasteiger partial charge on any atom is 0.412 e. The van der Waals surface area contributed by atoms with Crippen LogP contribution in [-0.4, -0.2) is 43.2 Å². The molecule has 1 amide bonds. The van der Waals surface area contributed by atoms with Gasteiger partial charge < -0.3 is 19.4 Å². The summed E-state index contributed by atoms with van der Waals surface area (Å²) < 4.78 is 15.7. The van der Waals surface area contributed by atoms with E-state index in [1.54, 1.807) is 32.9 Å². The summed E-state index contributed by atoms with van der Waals surface area (Å²) in [6, 6.07) is 3.32. The first-order chi connectivity index (χ1) is 10.2. The maximum absolute atomic E-state index is 11.9. The second kappa shape index (κ2) is 7.33. The second-order valence-corrected chi connectivity index (χ2v) is 5.81. The van der Waals surface area contributed by atoms with Crippen molar-refractivity contribution in [3.63, 3.8) is 0 Å². The molecule has 0 fully saturated rings. The molecule has 0 aromatic heterocycles. The van der Waals surface area contributed by atoms with Crippen LogP contribution >= 0.6 is 0 Å². The van der Waals surface area contributed by atoms with Crippen molar-refractivity contribution in [1.29, 1.82) is 0 Å². The molecule has 124 valence electrons. The van der Waals surface area contributed by atoms with Gasteiger partial charge in [0.25, 0.3) is 0 Å². The Morgan fingerprint density at radius 2 is 1.77 bits per heavy atom. The van der Waals surface area contributed by atoms with Gasteiger partial charge >= 0.3 is 6.09 Å². The minimum atomic E-state index is -0.603. The van der Waals surface area contributed by atoms with Crippen LogP contribution in [0.25, 0.3) is 0 Å². The van der Waals surface area contributed by atoms with Crippen LogP contribution in [0.15, 0.2) is 12.1 Å². The number of hydrogen-bond acceptors (Lipinski definition) is 6. The predicted octanol–water partition coefficient (Wildman–Crippen LogP) is 2.87. The molecule has 0 unspecified atom stereocenters. The van der Waals surface area contributed by atoms with E-state index < -0.39 is 11.7 Å². The third kappa shape index (κ3) is 5.42. The van der Waals surface area contributed by atoms with Crippen LogP contribution < -0.4 is 14.8 Å². The van der Waals surface area contributed by atoms with Crippen molar-refractivity contribution in [1.82, 2.24) is 5.06 Å². The van der Waals surface area contributed by atoms with Gasteiger partial charge in [-0.2, -0.15) is 5.06 Å². The van der Waals surface area contributed by atoms with Crippen LogP contribution in [0.4, 0.5) is 10.5 Å². The van der Waals surface area contributed by atoms with Crippen LogP contribution in [-0.2, 0) is 11.3 Å². The molecule has 0 bridgehead atoms. The fourth-order valence-electron chi connectivity index (χ4n) is 1.83. The molecule has 0 saturated heterocycles. The van der Waals surface area contributed by atoms with Gasteiger partial charge in [-0.3, -0.25) is 5.32 Å². The highest BCUT2D eigenvalue weighted by atomic mass is 16.6. The van der Waals surface area contributed by atoms with E-state index in [1.165, 1.54) is 21.3 Å². The molecule has 7 nitrogen and oxygen atoms in total. The van der Waals surface area contributed by atoms with Crippen molar-refractivity contribution in [3.8, 4) is 11.5 Å². The van der Waals surface area contributed by atoms with Gasteiger partial charge in [0.15, 0.2) is 11.5 Å². The van der Waals surface area contributed by atoms with Crippen LogP contribution in [0.1, 0.15) is 26.3 Å². The number of amides is 1. The number of nitrogens with zero attached hydrogens (tertiary/aromatic N) is 1. The third-order valence-electron chi connectivity index (χ3n) is 2.64. The summed E-state index contributed by atoms with van der Waals surface area (Å²) >= 11 is 0. The monoisotopic (exact) mass is 312 g/mol. The van der Waals surface area contributed by atoms with Gasteiger partial charge in [-0.15, -0.1) is 0 Å². The zero-order valence-corrected chi connectivity index (χ0v) is 13.9. The molecule has 0 saturated carbocycles. The highest BCUT2D eigenvalue weighted by Gasteiger charge is 2.19. The Hall–Kier alpha value is -1.99. The van der Waals surface area contributed by atoms with Gasteiger partial charge in [0.1, 0.15) is 5.60 Å². The molecule has 0 atom stereocenters. The standard InChI is InChI=1S/C15H24N2O5/c1-15(2,3)22-14(18)16-11-8-13(21-6)12(20-5)7-10(11)9-17(4)19/h7-8,19H,9H2,1-6H3,(H,16,18). The molecular weight excluding hydrogens is 288 g/mol. The van der Waals surface area contributed by atoms with Gasteiger partial charge in [-0.25, -0.2) is 4.79 Å². The average molecular weight is 312 g/mol. The van der Waals surface area contributed by atoms with Crippen LogP contribution in [0.5, 0.6) is 11.5 Å². The Balaban J connectivity index is 3.11. The molecule has 0 aliphatic carbocycles. The molecule has 0 radical (unpaired) electrons. The molecule has 1 rings (SSSR count). The summed E-state index contributed by atoms with van der Waals surface area (Å²) in [6.07, 6.45) is -0.582. The number of hydrogen-bond donors (Lipinski definition) is 2. The number of rotatable bonds is 5. The Morgan fingerprint density at radius 3 is 2.23 bits per heavy atom. The Kier molecular flexibility index (Phi) is 6.01. The quantitative estimate of drug-likeness (QED) is 0.814. The molecule has 0 heterocycles. The Labute approximate surface area is 130 Å². The topological polar surface area (TPSA) is 80.3 Å². The van der Waals surface area contributed by atoms with E-state index in [-0.39, 0.29) is 6.54 Å². The lowest BCUT2D eigenvalue weighted by Crippen LogP contribution is -2.27. The van der Waals surface area contributed by atoms with E-state index in [1.807, 2.05) is 0 Å². The number of anilines is 1. The first-order valence-electron chi connectivity index (χ1n) is 6.81. The highest BCUT2D eigenvalue weighted by Crippen LogP contribution is 2.34. The summed E-state index contributed by atoms with van der Waals surface area (Å²) in [5, 5.41) is 13.1. The number of ether oxygens (including phenoxy) is 3. The Bertz CT molecular complexity index is 523. The van der Waals surface area contributed by atoms with E-state index in [2.05, 4.69) is 5.32 Å². The highest BCUT2D eigenvalue weighted by molar-refractivity contribution is 5.86. The minimum Gasteiger partial charge on any atom is -0.493 e. The van der Waals surface area contributed by atoms with E-state index in [0.29, 0.717) is 22.7 Å². The number of carbonyl (C=O) groups is 1. The summed E-state index contributed by atoms with van der Waals surface area (Å²) in [5.41, 5.74) is 0.537. The van der Waals surface area contributed by atoms with Gasteiger partial charge in [-0.1, -0.05) is 0 Å². The number of methoxy groups -OCH3 is 2. The molecule has 2 N–H and O–H groups in total. The molecule has 0 aliphatic rings. The molecule has 1 aromatic rings. The predicted molar refractivity (Wildman–Crippen MR) is 82.7 cm³/mol. The Morgan fingerprint density at radius 1 is 1.23 bits per heavy atom.